The highest BCUT2D eigenvalue weighted by Gasteiger charge is 2.16. The molecule has 2 atom stereocenters. The van der Waals surface area contributed by atoms with Crippen molar-refractivity contribution < 1.29 is 0 Å². The van der Waals surface area contributed by atoms with Crippen LogP contribution in [-0.4, -0.2) is 61.3 Å². The highest BCUT2D eigenvalue weighted by molar-refractivity contribution is 6.29. The zero-order valence-electron chi connectivity index (χ0n) is 18.0. The third kappa shape index (κ3) is 9.06. The van der Waals surface area contributed by atoms with E-state index in [0.717, 1.165) is 50.6 Å². The van der Waals surface area contributed by atoms with Crippen LogP contribution in [0.4, 0.5) is 5.82 Å². The van der Waals surface area contributed by atoms with E-state index in [1.807, 2.05) is 25.1 Å². The second-order valence-electron chi connectivity index (χ2n) is 7.54. The molecule has 0 radical (unpaired) electrons. The average Bonchev–Trinajstić information content (AvgIpc) is 2.77. The number of anilines is 1. The molecule has 30 heavy (non-hydrogen) atoms. The number of nitriles is 1. The average molecular weight is 430 g/mol. The summed E-state index contributed by atoms with van der Waals surface area (Å²) in [6, 6.07) is 10.7. The lowest BCUT2D eigenvalue weighted by Gasteiger charge is -2.32. The summed E-state index contributed by atoms with van der Waals surface area (Å²) in [5.74, 6) is 0.961. The minimum absolute atomic E-state index is 0.496. The molecule has 7 nitrogen and oxygen atoms in total. The molecule has 0 spiro atoms. The summed E-state index contributed by atoms with van der Waals surface area (Å²) < 4.78 is 0. The van der Waals surface area contributed by atoms with Crippen LogP contribution in [0.15, 0.2) is 36.7 Å². The van der Waals surface area contributed by atoms with Gasteiger partial charge in [-0.15, -0.1) is 0 Å². The van der Waals surface area contributed by atoms with Gasteiger partial charge in [-0.1, -0.05) is 17.7 Å². The maximum atomic E-state index is 8.67. The summed E-state index contributed by atoms with van der Waals surface area (Å²) in [6.45, 7) is 12.6. The predicted octanol–water partition coefficient (Wildman–Crippen LogP) is 2.36. The lowest BCUT2D eigenvalue weighted by molar-refractivity contribution is 0.442. The maximum absolute atomic E-state index is 8.67. The summed E-state index contributed by atoms with van der Waals surface area (Å²) in [6.07, 6.45) is 3.37. The van der Waals surface area contributed by atoms with Crippen LogP contribution < -0.4 is 20.9 Å². The van der Waals surface area contributed by atoms with Gasteiger partial charge in [0.15, 0.2) is 0 Å². The van der Waals surface area contributed by atoms with E-state index in [4.69, 9.17) is 16.9 Å². The van der Waals surface area contributed by atoms with E-state index >= 15 is 0 Å². The van der Waals surface area contributed by atoms with Crippen molar-refractivity contribution in [3.8, 4) is 6.07 Å². The molecule has 2 saturated heterocycles. The second kappa shape index (κ2) is 13.1. The molecule has 4 heterocycles. The van der Waals surface area contributed by atoms with Crippen molar-refractivity contribution in [1.82, 2.24) is 25.9 Å². The van der Waals surface area contributed by atoms with Crippen molar-refractivity contribution in [3.63, 3.8) is 0 Å². The van der Waals surface area contributed by atoms with Gasteiger partial charge in [0.1, 0.15) is 17.0 Å². The summed E-state index contributed by atoms with van der Waals surface area (Å²) in [4.78, 5) is 10.4. The van der Waals surface area contributed by atoms with Gasteiger partial charge >= 0.3 is 0 Å². The summed E-state index contributed by atoms with van der Waals surface area (Å²) in [7, 11) is 0. The van der Waals surface area contributed by atoms with Crippen molar-refractivity contribution in [2.75, 3.05) is 44.2 Å². The highest BCUT2D eigenvalue weighted by Crippen LogP contribution is 2.12. The Morgan fingerprint density at radius 3 is 2.30 bits per heavy atom. The van der Waals surface area contributed by atoms with Crippen LogP contribution in [0.1, 0.15) is 25.0 Å². The first-order valence-electron chi connectivity index (χ1n) is 10.3. The van der Waals surface area contributed by atoms with E-state index in [2.05, 4.69) is 50.7 Å². The Labute approximate surface area is 184 Å². The molecule has 0 unspecified atom stereocenters. The fraction of sp³-hybridized carbons (Fsp3) is 0.500. The lowest BCUT2D eigenvalue weighted by atomic mass is 10.2. The molecule has 0 aromatic carbocycles. The van der Waals surface area contributed by atoms with Gasteiger partial charge in [0.05, 0.1) is 5.56 Å². The maximum Gasteiger partial charge on any atom is 0.129 e. The monoisotopic (exact) mass is 429 g/mol. The van der Waals surface area contributed by atoms with Crippen LogP contribution in [0.2, 0.25) is 5.15 Å². The Hall–Kier alpha value is -2.24. The normalized spacial score (nSPS) is 20.7. The zero-order valence-corrected chi connectivity index (χ0v) is 18.8. The molecule has 0 amide bonds. The third-order valence-electron chi connectivity index (χ3n) is 4.69. The first kappa shape index (κ1) is 24.0. The van der Waals surface area contributed by atoms with E-state index in [1.54, 1.807) is 18.5 Å². The van der Waals surface area contributed by atoms with Crippen molar-refractivity contribution in [2.45, 2.75) is 32.9 Å². The van der Waals surface area contributed by atoms with Gasteiger partial charge in [-0.05, 0) is 44.5 Å². The van der Waals surface area contributed by atoms with E-state index in [9.17, 15) is 0 Å². The van der Waals surface area contributed by atoms with Crippen molar-refractivity contribution >= 4 is 17.4 Å². The minimum Gasteiger partial charge on any atom is -0.354 e. The van der Waals surface area contributed by atoms with Crippen LogP contribution in [0, 0.1) is 18.3 Å². The van der Waals surface area contributed by atoms with Gasteiger partial charge in [-0.2, -0.15) is 5.26 Å². The second-order valence-corrected chi connectivity index (χ2v) is 7.92. The topological polar surface area (TPSA) is 88.9 Å². The Balaban J connectivity index is 0.000000179. The molecule has 2 aliphatic heterocycles. The van der Waals surface area contributed by atoms with E-state index in [1.165, 1.54) is 0 Å². The standard InChI is InChI=1S/C11H14N4.C6H6ClN.C5H12N2/c1-9-8-15(5-4-13-9)11-3-2-10(6-12)7-14-11;1-5-2-3-6(7)8-4-5;1-5-4-6-2-3-7-5/h2-3,7,9,13H,4-5,8H2,1H3;2-4H,1H3;5-7H,2-4H2,1H3/t9-;;5-/m1.1/s1. The number of rotatable bonds is 1. The van der Waals surface area contributed by atoms with Crippen LogP contribution >= 0.6 is 11.6 Å². The molecule has 0 aliphatic carbocycles. The summed E-state index contributed by atoms with van der Waals surface area (Å²) >= 11 is 5.50. The number of nitrogens with one attached hydrogen (secondary N) is 3. The van der Waals surface area contributed by atoms with E-state index in [0.29, 0.717) is 22.8 Å². The van der Waals surface area contributed by atoms with E-state index in [-0.39, 0.29) is 0 Å². The van der Waals surface area contributed by atoms with Gasteiger partial charge in [0.25, 0.3) is 0 Å². The number of nitrogens with zero attached hydrogens (tertiary/aromatic N) is 4. The van der Waals surface area contributed by atoms with Crippen LogP contribution in [0.5, 0.6) is 0 Å². The number of piperazine rings is 2. The summed E-state index contributed by atoms with van der Waals surface area (Å²) in [5.41, 5.74) is 1.75. The zero-order chi connectivity index (χ0) is 21.8. The highest BCUT2D eigenvalue weighted by atomic mass is 35.5. The Bertz CT molecular complexity index is 747. The predicted molar refractivity (Wildman–Crippen MR) is 123 cm³/mol. The molecule has 4 rings (SSSR count). The number of halogens is 1. The molecule has 3 N–H and O–H groups in total. The first-order valence-corrected chi connectivity index (χ1v) is 10.7. The molecule has 2 aromatic rings. The van der Waals surface area contributed by atoms with Gasteiger partial charge in [0.2, 0.25) is 0 Å². The molecule has 162 valence electrons. The number of hydrogen-bond donors (Lipinski definition) is 3. The molecule has 2 aliphatic rings. The smallest absolute Gasteiger partial charge is 0.129 e. The first-order chi connectivity index (χ1) is 14.5. The fourth-order valence-corrected chi connectivity index (χ4v) is 3.14. The largest absolute Gasteiger partial charge is 0.354 e. The van der Waals surface area contributed by atoms with Gasteiger partial charge < -0.3 is 20.9 Å². The molecule has 0 bridgehead atoms. The Morgan fingerprint density at radius 1 is 1.03 bits per heavy atom. The van der Waals surface area contributed by atoms with Crippen molar-refractivity contribution in [3.05, 3.63) is 52.9 Å². The molecule has 8 heteroatoms. The molecule has 2 aromatic heterocycles. The van der Waals surface area contributed by atoms with Crippen molar-refractivity contribution in [2.24, 2.45) is 0 Å². The Kier molecular flexibility index (Phi) is 10.5. The number of aryl methyl sites for hydroxylation is 1. The molecule has 2 fully saturated rings. The number of hydrogen-bond acceptors (Lipinski definition) is 7. The lowest BCUT2D eigenvalue weighted by Crippen LogP contribution is -2.49. The van der Waals surface area contributed by atoms with Gasteiger partial charge in [0, 0.05) is 63.7 Å². The van der Waals surface area contributed by atoms with Gasteiger partial charge in [-0.3, -0.25) is 0 Å². The summed E-state index contributed by atoms with van der Waals surface area (Å²) in [5, 5.41) is 19.2. The van der Waals surface area contributed by atoms with Crippen LogP contribution in [-0.2, 0) is 0 Å². The van der Waals surface area contributed by atoms with Crippen molar-refractivity contribution in [1.29, 1.82) is 5.26 Å². The minimum atomic E-state index is 0.496. The quantitative estimate of drug-likeness (QED) is 0.599. The SMILES string of the molecule is C[C@@H]1CN(c2ccc(C#N)cn2)CCN1.C[C@@H]1CNCCN1.Cc1ccc(Cl)nc1. The molecular formula is C22H32ClN7. The van der Waals surface area contributed by atoms with E-state index < -0.39 is 0 Å². The molecular weight excluding hydrogens is 398 g/mol. The van der Waals surface area contributed by atoms with Crippen LogP contribution in [0.3, 0.4) is 0 Å². The third-order valence-corrected chi connectivity index (χ3v) is 4.91. The number of pyridine rings is 2. The Morgan fingerprint density at radius 2 is 1.83 bits per heavy atom. The van der Waals surface area contributed by atoms with Crippen LogP contribution in [0.25, 0.3) is 0 Å². The number of aromatic nitrogens is 2. The molecule has 0 saturated carbocycles. The fourth-order valence-electron chi connectivity index (χ4n) is 3.03. The van der Waals surface area contributed by atoms with Gasteiger partial charge in [-0.25, -0.2) is 9.97 Å².